The summed E-state index contributed by atoms with van der Waals surface area (Å²) in [6, 6.07) is 0. The van der Waals surface area contributed by atoms with Crippen molar-refractivity contribution in [3.05, 3.63) is 17.7 Å². The Morgan fingerprint density at radius 2 is 2.00 bits per heavy atom. The highest BCUT2D eigenvalue weighted by Gasteiger charge is 2.28. The summed E-state index contributed by atoms with van der Waals surface area (Å²) >= 11 is 0. The minimum absolute atomic E-state index is 0.0438. The number of sulfone groups is 1. The van der Waals surface area contributed by atoms with Crippen LogP contribution in [-0.2, 0) is 16.3 Å². The molecule has 18 heavy (non-hydrogen) atoms. The van der Waals surface area contributed by atoms with Crippen molar-refractivity contribution in [2.24, 2.45) is 5.73 Å². The highest BCUT2D eigenvalue weighted by molar-refractivity contribution is 7.91. The lowest BCUT2D eigenvalue weighted by molar-refractivity contribution is 0.408. The van der Waals surface area contributed by atoms with Gasteiger partial charge in [-0.1, -0.05) is 0 Å². The molecule has 2 N–H and O–H groups in total. The lowest BCUT2D eigenvalue weighted by Crippen LogP contribution is -2.24. The van der Waals surface area contributed by atoms with E-state index in [1.54, 1.807) is 0 Å². The monoisotopic (exact) mass is 269 g/mol. The lowest BCUT2D eigenvalue weighted by Gasteiger charge is -2.21. The molecule has 1 atom stereocenters. The predicted octanol–water partition coefficient (Wildman–Crippen LogP) is 0.969. The average molecular weight is 269 g/mol. The molecule has 5 nitrogen and oxygen atoms in total. The molecule has 1 fully saturated rings. The Morgan fingerprint density at radius 3 is 2.67 bits per heavy atom. The molecule has 0 bridgehead atoms. The van der Waals surface area contributed by atoms with Crippen LogP contribution in [0.3, 0.4) is 0 Å². The molecule has 3 rings (SSSR count). The summed E-state index contributed by atoms with van der Waals surface area (Å²) in [5, 5.41) is 0. The Balaban J connectivity index is 1.82. The number of fused-ring (bicyclic) bond motifs is 1. The van der Waals surface area contributed by atoms with Gasteiger partial charge in [0.2, 0.25) is 0 Å². The van der Waals surface area contributed by atoms with Crippen LogP contribution in [0.15, 0.2) is 6.20 Å². The first-order valence-corrected chi connectivity index (χ1v) is 8.41. The molecule has 1 saturated heterocycles. The zero-order valence-electron chi connectivity index (χ0n) is 10.4. The van der Waals surface area contributed by atoms with Gasteiger partial charge in [-0.25, -0.2) is 13.4 Å². The molecular formula is C12H19N3O2S. The first-order valence-electron chi connectivity index (χ1n) is 6.59. The number of aromatic nitrogens is 2. The molecule has 2 aliphatic heterocycles. The Bertz CT molecular complexity index is 536. The molecule has 1 unspecified atom stereocenters. The molecule has 0 aromatic carbocycles. The SMILES string of the molecule is NC1CCCc2nc(C3CCS(=O)(=O)CC3)cn21. The molecule has 2 aliphatic rings. The standard InChI is InChI=1S/C12H19N3O2S/c13-11-2-1-3-12-14-10(8-15(11)12)9-4-6-18(16,17)7-5-9/h8-9,11H,1-7,13H2. The number of aryl methyl sites for hydroxylation is 1. The van der Waals surface area contributed by atoms with Gasteiger partial charge in [0.1, 0.15) is 15.7 Å². The van der Waals surface area contributed by atoms with Gasteiger partial charge in [0.05, 0.1) is 23.4 Å². The van der Waals surface area contributed by atoms with Crippen molar-refractivity contribution in [1.29, 1.82) is 0 Å². The number of imidazole rings is 1. The molecule has 3 heterocycles. The first kappa shape index (κ1) is 12.2. The van der Waals surface area contributed by atoms with E-state index >= 15 is 0 Å². The van der Waals surface area contributed by atoms with E-state index in [2.05, 4.69) is 9.55 Å². The van der Waals surface area contributed by atoms with E-state index in [0.29, 0.717) is 30.3 Å². The predicted molar refractivity (Wildman–Crippen MR) is 69.0 cm³/mol. The van der Waals surface area contributed by atoms with E-state index in [9.17, 15) is 8.42 Å². The Morgan fingerprint density at radius 1 is 1.28 bits per heavy atom. The largest absolute Gasteiger partial charge is 0.319 e. The van der Waals surface area contributed by atoms with Crippen molar-refractivity contribution in [3.63, 3.8) is 0 Å². The topological polar surface area (TPSA) is 78.0 Å². The number of hydrogen-bond donors (Lipinski definition) is 1. The summed E-state index contributed by atoms with van der Waals surface area (Å²) in [5.74, 6) is 1.95. The van der Waals surface area contributed by atoms with Crippen LogP contribution in [0.4, 0.5) is 0 Å². The van der Waals surface area contributed by atoms with E-state index in [1.807, 2.05) is 6.20 Å². The third kappa shape index (κ3) is 2.19. The highest BCUT2D eigenvalue weighted by atomic mass is 32.2. The smallest absolute Gasteiger partial charge is 0.150 e. The average Bonchev–Trinajstić information content (AvgIpc) is 2.74. The first-order chi connectivity index (χ1) is 8.55. The molecule has 1 aromatic heterocycles. The van der Waals surface area contributed by atoms with Crippen molar-refractivity contribution < 1.29 is 8.42 Å². The Hall–Kier alpha value is -0.880. The minimum atomic E-state index is -2.80. The summed E-state index contributed by atoms with van der Waals surface area (Å²) in [6.07, 6.45) is 6.57. The van der Waals surface area contributed by atoms with Gasteiger partial charge >= 0.3 is 0 Å². The number of hydrogen-bond acceptors (Lipinski definition) is 4. The van der Waals surface area contributed by atoms with E-state index in [-0.39, 0.29) is 6.17 Å². The van der Waals surface area contributed by atoms with Gasteiger partial charge < -0.3 is 10.3 Å². The Labute approximate surface area is 107 Å². The molecular weight excluding hydrogens is 250 g/mol. The van der Waals surface area contributed by atoms with Crippen LogP contribution in [0, 0.1) is 0 Å². The van der Waals surface area contributed by atoms with Crippen LogP contribution in [-0.4, -0.2) is 29.5 Å². The van der Waals surface area contributed by atoms with Crippen LogP contribution < -0.4 is 5.73 Å². The molecule has 0 spiro atoms. The fourth-order valence-corrected chi connectivity index (χ4v) is 4.41. The second-order valence-electron chi connectivity index (χ2n) is 5.37. The number of rotatable bonds is 1. The summed E-state index contributed by atoms with van der Waals surface area (Å²) in [4.78, 5) is 4.66. The van der Waals surface area contributed by atoms with E-state index in [4.69, 9.17) is 5.73 Å². The van der Waals surface area contributed by atoms with Crippen LogP contribution in [0.2, 0.25) is 0 Å². The second-order valence-corrected chi connectivity index (χ2v) is 7.68. The van der Waals surface area contributed by atoms with Crippen molar-refractivity contribution in [2.75, 3.05) is 11.5 Å². The second kappa shape index (κ2) is 4.35. The van der Waals surface area contributed by atoms with Gasteiger partial charge in [0, 0.05) is 18.5 Å². The third-order valence-corrected chi connectivity index (χ3v) is 5.77. The lowest BCUT2D eigenvalue weighted by atomic mass is 10.00. The molecule has 0 aliphatic carbocycles. The number of nitrogens with zero attached hydrogens (tertiary/aromatic N) is 2. The van der Waals surface area contributed by atoms with Gasteiger partial charge in [-0.05, 0) is 25.7 Å². The van der Waals surface area contributed by atoms with Crippen molar-refractivity contribution in [3.8, 4) is 0 Å². The van der Waals surface area contributed by atoms with Crippen LogP contribution in [0.1, 0.15) is 49.3 Å². The Kier molecular flexibility index (Phi) is 2.94. The molecule has 0 saturated carbocycles. The van der Waals surface area contributed by atoms with Gasteiger partial charge in [0.25, 0.3) is 0 Å². The normalized spacial score (nSPS) is 27.9. The van der Waals surface area contributed by atoms with Gasteiger partial charge in [-0.15, -0.1) is 0 Å². The molecule has 0 amide bonds. The van der Waals surface area contributed by atoms with Gasteiger partial charge in [-0.3, -0.25) is 0 Å². The third-order valence-electron chi connectivity index (χ3n) is 4.06. The fourth-order valence-electron chi connectivity index (χ4n) is 2.92. The maximum Gasteiger partial charge on any atom is 0.150 e. The maximum atomic E-state index is 11.4. The van der Waals surface area contributed by atoms with E-state index in [1.165, 1.54) is 0 Å². The van der Waals surface area contributed by atoms with Gasteiger partial charge in [-0.2, -0.15) is 0 Å². The van der Waals surface area contributed by atoms with Crippen molar-refractivity contribution in [1.82, 2.24) is 9.55 Å². The molecule has 6 heteroatoms. The quantitative estimate of drug-likeness (QED) is 0.824. The number of nitrogens with two attached hydrogens (primary N) is 1. The summed E-state index contributed by atoms with van der Waals surface area (Å²) in [6.45, 7) is 0. The fraction of sp³-hybridized carbons (Fsp3) is 0.750. The minimum Gasteiger partial charge on any atom is -0.319 e. The van der Waals surface area contributed by atoms with Crippen molar-refractivity contribution in [2.45, 2.75) is 44.2 Å². The molecule has 100 valence electrons. The summed E-state index contributed by atoms with van der Waals surface area (Å²) in [5.41, 5.74) is 7.10. The van der Waals surface area contributed by atoms with Crippen LogP contribution in [0.5, 0.6) is 0 Å². The highest BCUT2D eigenvalue weighted by Crippen LogP contribution is 2.31. The zero-order chi connectivity index (χ0) is 12.8. The van der Waals surface area contributed by atoms with Crippen LogP contribution >= 0.6 is 0 Å². The molecule has 0 radical (unpaired) electrons. The zero-order valence-corrected chi connectivity index (χ0v) is 11.2. The summed E-state index contributed by atoms with van der Waals surface area (Å²) in [7, 11) is -2.80. The molecule has 1 aromatic rings. The van der Waals surface area contributed by atoms with Gasteiger partial charge in [0.15, 0.2) is 0 Å². The van der Waals surface area contributed by atoms with Crippen molar-refractivity contribution >= 4 is 9.84 Å². The van der Waals surface area contributed by atoms with Crippen LogP contribution in [0.25, 0.3) is 0 Å². The summed E-state index contributed by atoms with van der Waals surface area (Å²) < 4.78 is 24.9. The van der Waals surface area contributed by atoms with E-state index < -0.39 is 9.84 Å². The van der Waals surface area contributed by atoms with E-state index in [0.717, 1.165) is 30.8 Å². The maximum absolute atomic E-state index is 11.4.